The van der Waals surface area contributed by atoms with Crippen molar-refractivity contribution >= 4 is 17.8 Å². The maximum atomic E-state index is 11.1. The largest absolute Gasteiger partial charge is 0.275 e. The first-order valence-corrected chi connectivity index (χ1v) is 4.03. The number of carbonyl (C=O) groups excluding carboxylic acids is 1. The summed E-state index contributed by atoms with van der Waals surface area (Å²) in [5, 5.41) is 5.11. The molecule has 0 aliphatic carbocycles. The molecule has 4 nitrogen and oxygen atoms in total. The van der Waals surface area contributed by atoms with E-state index in [2.05, 4.69) is 10.5 Å². The average molecular weight is 175 g/mol. The summed E-state index contributed by atoms with van der Waals surface area (Å²) in [7, 11) is 0. The molecule has 0 bridgehead atoms. The Morgan fingerprint density at radius 3 is 2.69 bits per heavy atom. The predicted molar refractivity (Wildman–Crippen MR) is 50.0 cm³/mol. The third kappa shape index (κ3) is 1.66. The van der Waals surface area contributed by atoms with Crippen LogP contribution in [0.25, 0.3) is 0 Å². The van der Waals surface area contributed by atoms with Crippen molar-refractivity contribution in [3.8, 4) is 0 Å². The molecule has 0 atom stereocenters. The monoisotopic (exact) mass is 175 g/mol. The van der Waals surface area contributed by atoms with Crippen LogP contribution in [0.2, 0.25) is 0 Å². The van der Waals surface area contributed by atoms with Crippen molar-refractivity contribution in [3.63, 3.8) is 0 Å². The number of rotatable bonds is 2. The predicted octanol–water partition coefficient (Wildman–Crippen LogP) is 1.23. The summed E-state index contributed by atoms with van der Waals surface area (Å²) in [6.07, 6.45) is 1.96. The number of benzene rings is 1. The van der Waals surface area contributed by atoms with Crippen LogP contribution >= 0.6 is 0 Å². The van der Waals surface area contributed by atoms with Crippen LogP contribution < -0.4 is 5.43 Å². The molecule has 1 amide bonds. The van der Waals surface area contributed by atoms with Crippen molar-refractivity contribution < 1.29 is 4.79 Å². The van der Waals surface area contributed by atoms with E-state index in [-0.39, 0.29) is 5.91 Å². The van der Waals surface area contributed by atoms with Crippen LogP contribution in [0.3, 0.4) is 0 Å². The summed E-state index contributed by atoms with van der Waals surface area (Å²) in [6, 6.07) is 9.46. The summed E-state index contributed by atoms with van der Waals surface area (Å²) in [6.45, 7) is 0. The van der Waals surface area contributed by atoms with E-state index in [0.717, 1.165) is 5.69 Å². The minimum Gasteiger partial charge on any atom is -0.275 e. The molecule has 0 saturated heterocycles. The van der Waals surface area contributed by atoms with Gasteiger partial charge in [-0.15, -0.1) is 5.12 Å². The Kier molecular flexibility index (Phi) is 1.96. The van der Waals surface area contributed by atoms with Gasteiger partial charge in [-0.2, -0.15) is 5.10 Å². The molecular weight excluding hydrogens is 166 g/mol. The molecule has 66 valence electrons. The van der Waals surface area contributed by atoms with E-state index in [1.54, 1.807) is 6.21 Å². The van der Waals surface area contributed by atoms with Crippen molar-refractivity contribution in [2.24, 2.45) is 5.10 Å². The van der Waals surface area contributed by atoms with Gasteiger partial charge in [-0.25, -0.2) is 0 Å². The van der Waals surface area contributed by atoms with Crippen molar-refractivity contribution in [1.82, 2.24) is 5.12 Å². The summed E-state index contributed by atoms with van der Waals surface area (Å²) < 4.78 is 0. The molecule has 1 aliphatic rings. The molecule has 1 aromatic rings. The number of nitrogens with one attached hydrogen (secondary N) is 1. The van der Waals surface area contributed by atoms with Crippen molar-refractivity contribution in [2.75, 3.05) is 5.43 Å². The molecule has 0 aromatic heterocycles. The highest BCUT2D eigenvalue weighted by Gasteiger charge is 2.15. The van der Waals surface area contributed by atoms with E-state index < -0.39 is 0 Å². The molecule has 1 N–H and O–H groups in total. The van der Waals surface area contributed by atoms with Gasteiger partial charge in [0.1, 0.15) is 0 Å². The number of anilines is 1. The molecule has 2 rings (SSSR count). The highest BCUT2D eigenvalue weighted by atomic mass is 16.2. The Labute approximate surface area is 75.8 Å². The molecule has 0 fully saturated rings. The van der Waals surface area contributed by atoms with Crippen LogP contribution in [0.15, 0.2) is 35.4 Å². The Balaban J connectivity index is 2.06. The summed E-state index contributed by atoms with van der Waals surface area (Å²) in [5.41, 5.74) is 3.73. The lowest BCUT2D eigenvalue weighted by molar-refractivity contribution is -0.127. The Hall–Kier alpha value is -1.84. The molecule has 0 radical (unpaired) electrons. The fourth-order valence-electron chi connectivity index (χ4n) is 1.08. The smallest absolute Gasteiger partial charge is 0.267 e. The Morgan fingerprint density at radius 1 is 1.31 bits per heavy atom. The lowest BCUT2D eigenvalue weighted by Crippen LogP contribution is -2.26. The Bertz CT molecular complexity index is 334. The second kappa shape index (κ2) is 3.26. The number of para-hydroxylation sites is 1. The van der Waals surface area contributed by atoms with E-state index in [1.807, 2.05) is 30.3 Å². The second-order valence-electron chi connectivity index (χ2n) is 2.69. The van der Waals surface area contributed by atoms with Crippen LogP contribution in [-0.4, -0.2) is 17.2 Å². The number of hydrogen-bond acceptors (Lipinski definition) is 3. The molecule has 4 heteroatoms. The van der Waals surface area contributed by atoms with Crippen LogP contribution in [-0.2, 0) is 4.79 Å². The van der Waals surface area contributed by atoms with Crippen LogP contribution in [0.4, 0.5) is 5.69 Å². The number of hydrazine groups is 1. The quantitative estimate of drug-likeness (QED) is 0.734. The van der Waals surface area contributed by atoms with E-state index in [4.69, 9.17) is 0 Å². The number of amides is 1. The SMILES string of the molecule is O=C1CC=NN1Nc1ccccc1. The van der Waals surface area contributed by atoms with Gasteiger partial charge in [-0.05, 0) is 12.1 Å². The van der Waals surface area contributed by atoms with Gasteiger partial charge in [0.2, 0.25) is 0 Å². The maximum Gasteiger partial charge on any atom is 0.267 e. The average Bonchev–Trinajstić information content (AvgIpc) is 2.54. The molecular formula is C9H9N3O. The van der Waals surface area contributed by atoms with Crippen molar-refractivity contribution in [2.45, 2.75) is 6.42 Å². The highest BCUT2D eigenvalue weighted by Crippen LogP contribution is 2.09. The first-order chi connectivity index (χ1) is 6.36. The first-order valence-electron chi connectivity index (χ1n) is 4.03. The number of hydrogen-bond donors (Lipinski definition) is 1. The molecule has 1 heterocycles. The number of nitrogens with zero attached hydrogens (tertiary/aromatic N) is 2. The fraction of sp³-hybridized carbons (Fsp3) is 0.111. The molecule has 1 aromatic carbocycles. The topological polar surface area (TPSA) is 44.7 Å². The van der Waals surface area contributed by atoms with E-state index in [9.17, 15) is 4.79 Å². The van der Waals surface area contributed by atoms with Crippen LogP contribution in [0, 0.1) is 0 Å². The summed E-state index contributed by atoms with van der Waals surface area (Å²) in [4.78, 5) is 11.1. The normalized spacial score (nSPS) is 15.1. The van der Waals surface area contributed by atoms with Crippen molar-refractivity contribution in [3.05, 3.63) is 30.3 Å². The lowest BCUT2D eigenvalue weighted by atomic mass is 10.3. The zero-order valence-electron chi connectivity index (χ0n) is 6.97. The van der Waals surface area contributed by atoms with Crippen LogP contribution in [0.5, 0.6) is 0 Å². The summed E-state index contributed by atoms with van der Waals surface area (Å²) >= 11 is 0. The third-order valence-corrected chi connectivity index (χ3v) is 1.71. The molecule has 1 aliphatic heterocycles. The standard InChI is InChI=1S/C9H9N3O/c13-9-6-7-10-12(9)11-8-4-2-1-3-5-8/h1-5,7,11H,6H2. The minimum atomic E-state index is -0.0381. The molecule has 0 saturated carbocycles. The van der Waals surface area contributed by atoms with Crippen LogP contribution in [0.1, 0.15) is 6.42 Å². The van der Waals surface area contributed by atoms with Crippen molar-refractivity contribution in [1.29, 1.82) is 0 Å². The van der Waals surface area contributed by atoms with Gasteiger partial charge in [0, 0.05) is 6.21 Å². The molecule has 0 spiro atoms. The summed E-state index contributed by atoms with van der Waals surface area (Å²) in [5.74, 6) is -0.0381. The third-order valence-electron chi connectivity index (χ3n) is 1.71. The van der Waals surface area contributed by atoms with Gasteiger partial charge in [0.25, 0.3) is 5.91 Å². The highest BCUT2D eigenvalue weighted by molar-refractivity contribution is 5.94. The zero-order chi connectivity index (χ0) is 9.10. The van der Waals surface area contributed by atoms with E-state index in [0.29, 0.717) is 6.42 Å². The minimum absolute atomic E-state index is 0.0381. The van der Waals surface area contributed by atoms with Gasteiger partial charge < -0.3 is 0 Å². The number of carbonyl (C=O) groups is 1. The Morgan fingerprint density at radius 2 is 2.08 bits per heavy atom. The van der Waals surface area contributed by atoms with Gasteiger partial charge >= 0.3 is 0 Å². The van der Waals surface area contributed by atoms with Gasteiger partial charge in [0.15, 0.2) is 0 Å². The van der Waals surface area contributed by atoms with Gasteiger partial charge in [-0.1, -0.05) is 18.2 Å². The van der Waals surface area contributed by atoms with E-state index in [1.165, 1.54) is 5.12 Å². The number of hydrazone groups is 1. The fourth-order valence-corrected chi connectivity index (χ4v) is 1.08. The molecule has 0 unspecified atom stereocenters. The maximum absolute atomic E-state index is 11.1. The van der Waals surface area contributed by atoms with E-state index >= 15 is 0 Å². The van der Waals surface area contributed by atoms with Gasteiger partial charge in [-0.3, -0.25) is 10.2 Å². The van der Waals surface area contributed by atoms with Gasteiger partial charge in [0.05, 0.1) is 12.1 Å². The zero-order valence-corrected chi connectivity index (χ0v) is 6.97. The lowest BCUT2D eigenvalue weighted by Gasteiger charge is -2.13. The second-order valence-corrected chi connectivity index (χ2v) is 2.69. The first kappa shape index (κ1) is 7.79. The molecule has 13 heavy (non-hydrogen) atoms.